The van der Waals surface area contributed by atoms with E-state index in [9.17, 15) is 10.1 Å². The lowest BCUT2D eigenvalue weighted by Crippen LogP contribution is -2.28. The van der Waals surface area contributed by atoms with Crippen LogP contribution in [0.3, 0.4) is 0 Å². The fourth-order valence-corrected chi connectivity index (χ4v) is 2.65. The number of pyridine rings is 1. The Hall–Kier alpha value is -1.60. The molecule has 6 nitrogen and oxygen atoms in total. The molecule has 0 aliphatic carbocycles. The quantitative estimate of drug-likeness (QED) is 0.314. The van der Waals surface area contributed by atoms with Gasteiger partial charge in [-0.3, -0.25) is 4.98 Å². The highest BCUT2D eigenvalue weighted by atomic mass is 32.2. The third-order valence-electron chi connectivity index (χ3n) is 2.69. The Morgan fingerprint density at radius 3 is 2.90 bits per heavy atom. The number of allylic oxidation sites excluding steroid dienone is 1. The third-order valence-corrected chi connectivity index (χ3v) is 3.88. The molecule has 0 saturated heterocycles. The highest BCUT2D eigenvalue weighted by Crippen LogP contribution is 2.17. The van der Waals surface area contributed by atoms with Crippen molar-refractivity contribution in [2.45, 2.75) is 26.2 Å². The zero-order valence-electron chi connectivity index (χ0n) is 11.5. The number of nitrogens with zero attached hydrogens (tertiary/aromatic N) is 2. The number of nitrogens with two attached hydrogens (primary N) is 1. The molecule has 0 aliphatic rings. The summed E-state index contributed by atoms with van der Waals surface area (Å²) in [7, 11) is 0. The molecule has 0 bridgehead atoms. The number of thioether (sulfide) groups is 1. The topological polar surface area (TPSA) is 94.1 Å². The van der Waals surface area contributed by atoms with Gasteiger partial charge in [0.25, 0.3) is 0 Å². The maximum absolute atomic E-state index is 11.0. The van der Waals surface area contributed by atoms with Crippen molar-refractivity contribution >= 4 is 11.8 Å². The van der Waals surface area contributed by atoms with E-state index in [-0.39, 0.29) is 5.82 Å². The van der Waals surface area contributed by atoms with E-state index in [1.807, 2.05) is 12.1 Å². The summed E-state index contributed by atoms with van der Waals surface area (Å²) < 4.78 is 0. The number of aromatic nitrogens is 1. The van der Waals surface area contributed by atoms with Crippen LogP contribution in [0, 0.1) is 10.1 Å². The smallest absolute Gasteiger partial charge is 0.333 e. The lowest BCUT2D eigenvalue weighted by atomic mass is 10.0. The summed E-state index contributed by atoms with van der Waals surface area (Å²) in [6.45, 7) is 2.11. The normalized spacial score (nSPS) is 11.9. The molecule has 1 aromatic heterocycles. The first-order valence-electron chi connectivity index (χ1n) is 6.48. The van der Waals surface area contributed by atoms with Gasteiger partial charge >= 0.3 is 5.82 Å². The first-order chi connectivity index (χ1) is 9.69. The second-order valence-electron chi connectivity index (χ2n) is 4.25. The number of hydrogen-bond donors (Lipinski definition) is 2. The van der Waals surface area contributed by atoms with E-state index in [1.165, 1.54) is 0 Å². The number of hydrogen-bond acceptors (Lipinski definition) is 6. The lowest BCUT2D eigenvalue weighted by Gasteiger charge is -2.09. The number of nitro groups is 1. The fourth-order valence-electron chi connectivity index (χ4n) is 1.77. The maximum Gasteiger partial charge on any atom is 0.333 e. The van der Waals surface area contributed by atoms with Gasteiger partial charge in [0.05, 0.1) is 0 Å². The van der Waals surface area contributed by atoms with Crippen molar-refractivity contribution < 1.29 is 4.92 Å². The van der Waals surface area contributed by atoms with Crippen molar-refractivity contribution in [2.75, 3.05) is 11.5 Å². The number of rotatable bonds is 9. The Kier molecular flexibility index (Phi) is 7.67. The van der Waals surface area contributed by atoms with E-state index < -0.39 is 4.92 Å². The van der Waals surface area contributed by atoms with Gasteiger partial charge in [-0.1, -0.05) is 13.0 Å². The first-order valence-corrected chi connectivity index (χ1v) is 7.64. The lowest BCUT2D eigenvalue weighted by molar-refractivity contribution is -0.433. The molecule has 0 atom stereocenters. The predicted molar refractivity (Wildman–Crippen MR) is 81.5 cm³/mol. The predicted octanol–water partition coefficient (Wildman–Crippen LogP) is 2.11. The second-order valence-corrected chi connectivity index (χ2v) is 5.48. The van der Waals surface area contributed by atoms with E-state index in [2.05, 4.69) is 17.3 Å². The minimum Gasteiger partial charge on any atom is -0.358 e. The molecule has 1 rings (SSSR count). The molecule has 3 N–H and O–H groups in total. The van der Waals surface area contributed by atoms with Crippen LogP contribution in [0.15, 0.2) is 35.9 Å². The van der Waals surface area contributed by atoms with Gasteiger partial charge in [0.1, 0.15) is 0 Å². The monoisotopic (exact) mass is 296 g/mol. The molecule has 0 fully saturated rings. The minimum absolute atomic E-state index is 0.106. The van der Waals surface area contributed by atoms with Gasteiger partial charge in [-0.05, 0) is 40.9 Å². The van der Waals surface area contributed by atoms with Crippen molar-refractivity contribution in [3.63, 3.8) is 0 Å². The van der Waals surface area contributed by atoms with Crippen LogP contribution in [0.2, 0.25) is 0 Å². The van der Waals surface area contributed by atoms with E-state index in [4.69, 9.17) is 5.84 Å². The van der Waals surface area contributed by atoms with Gasteiger partial charge in [0.2, 0.25) is 0 Å². The summed E-state index contributed by atoms with van der Waals surface area (Å²) in [4.78, 5) is 14.6. The van der Waals surface area contributed by atoms with Crippen LogP contribution in [0.1, 0.15) is 25.3 Å². The molecule has 0 unspecified atom stereocenters. The van der Waals surface area contributed by atoms with Crippen molar-refractivity contribution in [2.24, 2.45) is 5.84 Å². The van der Waals surface area contributed by atoms with Gasteiger partial charge in [0.15, 0.2) is 0 Å². The van der Waals surface area contributed by atoms with Crippen LogP contribution in [0.4, 0.5) is 0 Å². The van der Waals surface area contributed by atoms with Crippen LogP contribution >= 0.6 is 11.8 Å². The molecule has 0 amide bonds. The zero-order chi connectivity index (χ0) is 14.8. The molecular weight excluding hydrogens is 276 g/mol. The van der Waals surface area contributed by atoms with Crippen LogP contribution in [-0.2, 0) is 6.42 Å². The molecule has 110 valence electrons. The third kappa shape index (κ3) is 5.58. The largest absolute Gasteiger partial charge is 0.358 e. The van der Waals surface area contributed by atoms with Crippen LogP contribution in [-0.4, -0.2) is 21.4 Å². The van der Waals surface area contributed by atoms with Gasteiger partial charge in [-0.2, -0.15) is 23.0 Å². The Morgan fingerprint density at radius 1 is 1.55 bits per heavy atom. The van der Waals surface area contributed by atoms with Crippen molar-refractivity contribution in [1.82, 2.24) is 10.4 Å². The van der Waals surface area contributed by atoms with Crippen molar-refractivity contribution in [3.8, 4) is 0 Å². The van der Waals surface area contributed by atoms with Gasteiger partial charge in [-0.15, -0.1) is 0 Å². The summed E-state index contributed by atoms with van der Waals surface area (Å²) in [5.41, 5.74) is 3.86. The highest BCUT2D eigenvalue weighted by molar-refractivity contribution is 7.99. The summed E-state index contributed by atoms with van der Waals surface area (Å²) in [5.74, 6) is 7.09. The van der Waals surface area contributed by atoms with Gasteiger partial charge in [-0.25, -0.2) is 0 Å². The fraction of sp³-hybridized carbons (Fsp3) is 0.462. The van der Waals surface area contributed by atoms with Gasteiger partial charge < -0.3 is 10.1 Å². The molecule has 7 heteroatoms. The Bertz CT molecular complexity index is 451. The Labute approximate surface area is 123 Å². The summed E-state index contributed by atoms with van der Waals surface area (Å²) in [5, 5.41) is 11.0. The van der Waals surface area contributed by atoms with E-state index >= 15 is 0 Å². The van der Waals surface area contributed by atoms with Gasteiger partial charge in [0, 0.05) is 24.4 Å². The Balaban J connectivity index is 2.81. The standard InChI is InChI=1S/C13H20N4O2S/c1-2-7-20-8-5-12(13(16-14)17(18)19)9-11-4-3-6-15-10-11/h3-4,6,10,16H,2,5,7-9,14H2,1H3. The highest BCUT2D eigenvalue weighted by Gasteiger charge is 2.16. The first kappa shape index (κ1) is 16.5. The molecule has 0 spiro atoms. The molecule has 1 aromatic rings. The number of nitrogens with one attached hydrogen (secondary N) is 1. The second kappa shape index (κ2) is 9.33. The Morgan fingerprint density at radius 2 is 2.35 bits per heavy atom. The van der Waals surface area contributed by atoms with Crippen LogP contribution in [0.5, 0.6) is 0 Å². The zero-order valence-corrected chi connectivity index (χ0v) is 12.4. The number of hydrazine groups is 1. The molecule has 20 heavy (non-hydrogen) atoms. The van der Waals surface area contributed by atoms with Crippen molar-refractivity contribution in [3.05, 3.63) is 51.6 Å². The molecule has 1 heterocycles. The average Bonchev–Trinajstić information content (AvgIpc) is 2.44. The van der Waals surface area contributed by atoms with E-state index in [0.717, 1.165) is 23.5 Å². The molecule has 0 aliphatic heterocycles. The molecule has 0 aromatic carbocycles. The summed E-state index contributed by atoms with van der Waals surface area (Å²) in [6, 6.07) is 3.72. The average molecular weight is 296 g/mol. The maximum atomic E-state index is 11.0. The molecular formula is C13H20N4O2S. The summed E-state index contributed by atoms with van der Waals surface area (Å²) >= 11 is 1.79. The van der Waals surface area contributed by atoms with E-state index in [1.54, 1.807) is 24.2 Å². The van der Waals surface area contributed by atoms with Crippen molar-refractivity contribution in [1.29, 1.82) is 0 Å². The summed E-state index contributed by atoms with van der Waals surface area (Å²) in [6.07, 6.45) is 5.62. The molecule has 0 saturated carbocycles. The minimum atomic E-state index is -0.462. The van der Waals surface area contributed by atoms with Crippen LogP contribution in [0.25, 0.3) is 0 Å². The molecule has 0 radical (unpaired) electrons. The van der Waals surface area contributed by atoms with Crippen LogP contribution < -0.4 is 11.3 Å². The van der Waals surface area contributed by atoms with E-state index in [0.29, 0.717) is 18.4 Å². The SMILES string of the molecule is CCCSCCC(Cc1cccnc1)=C(NN)[N+](=O)[O-].